The van der Waals surface area contributed by atoms with E-state index in [0.717, 1.165) is 6.54 Å². The third-order valence-corrected chi connectivity index (χ3v) is 2.92. The number of nitrogens with two attached hydrogens (primary N) is 1. The molecule has 56 valence electrons. The summed E-state index contributed by atoms with van der Waals surface area (Å²) in [4.78, 5) is 0. The van der Waals surface area contributed by atoms with E-state index in [4.69, 9.17) is 5.73 Å². The molecule has 0 aliphatic heterocycles. The van der Waals surface area contributed by atoms with Gasteiger partial charge in [0, 0.05) is 11.8 Å². The van der Waals surface area contributed by atoms with Crippen LogP contribution in [0.25, 0.3) is 0 Å². The molecule has 0 spiro atoms. The third kappa shape index (κ3) is 4.79. The Kier molecular flexibility index (Phi) is 6.65. The van der Waals surface area contributed by atoms with Crippen LogP contribution in [0.5, 0.6) is 0 Å². The van der Waals surface area contributed by atoms with Crippen LogP contribution in [0.2, 0.25) is 0 Å². The summed E-state index contributed by atoms with van der Waals surface area (Å²) in [6, 6.07) is 0. The standard InChI is InChI=1S/C7H17NS/c1-3-5-9-7(4-2)6-8/h7H,3-6,8H2,1-2H3. The van der Waals surface area contributed by atoms with Crippen molar-refractivity contribution in [3.05, 3.63) is 0 Å². The molecule has 2 heteroatoms. The molecule has 2 N–H and O–H groups in total. The van der Waals surface area contributed by atoms with Crippen molar-refractivity contribution in [2.24, 2.45) is 5.73 Å². The van der Waals surface area contributed by atoms with Gasteiger partial charge in [0.05, 0.1) is 0 Å². The zero-order chi connectivity index (χ0) is 7.11. The van der Waals surface area contributed by atoms with Crippen molar-refractivity contribution >= 4 is 11.8 Å². The molecule has 0 saturated heterocycles. The largest absolute Gasteiger partial charge is 0.329 e. The van der Waals surface area contributed by atoms with Gasteiger partial charge in [-0.25, -0.2) is 0 Å². The second kappa shape index (κ2) is 6.43. The van der Waals surface area contributed by atoms with Crippen molar-refractivity contribution < 1.29 is 0 Å². The van der Waals surface area contributed by atoms with Crippen LogP contribution in [0.4, 0.5) is 0 Å². The average Bonchev–Trinajstić information content (AvgIpc) is 1.91. The predicted molar refractivity (Wildman–Crippen MR) is 45.9 cm³/mol. The van der Waals surface area contributed by atoms with Crippen LogP contribution in [0, 0.1) is 0 Å². The summed E-state index contributed by atoms with van der Waals surface area (Å²) < 4.78 is 0. The highest BCUT2D eigenvalue weighted by Crippen LogP contribution is 2.13. The molecule has 1 unspecified atom stereocenters. The first-order chi connectivity index (χ1) is 4.35. The second-order valence-corrected chi connectivity index (χ2v) is 3.54. The fourth-order valence-corrected chi connectivity index (χ4v) is 1.58. The minimum atomic E-state index is 0.699. The molecule has 9 heavy (non-hydrogen) atoms. The molecular formula is C7H17NS. The smallest absolute Gasteiger partial charge is 0.0167 e. The fourth-order valence-electron chi connectivity index (χ4n) is 0.637. The summed E-state index contributed by atoms with van der Waals surface area (Å²) >= 11 is 2.00. The summed E-state index contributed by atoms with van der Waals surface area (Å²) in [5.41, 5.74) is 5.50. The van der Waals surface area contributed by atoms with Crippen molar-refractivity contribution in [3.8, 4) is 0 Å². The maximum atomic E-state index is 5.50. The number of thioether (sulfide) groups is 1. The van der Waals surface area contributed by atoms with E-state index in [1.807, 2.05) is 11.8 Å². The van der Waals surface area contributed by atoms with Crippen molar-refractivity contribution in [1.29, 1.82) is 0 Å². The van der Waals surface area contributed by atoms with E-state index in [1.165, 1.54) is 18.6 Å². The van der Waals surface area contributed by atoms with Gasteiger partial charge in [-0.3, -0.25) is 0 Å². The van der Waals surface area contributed by atoms with Gasteiger partial charge < -0.3 is 5.73 Å². The van der Waals surface area contributed by atoms with Crippen LogP contribution in [0.15, 0.2) is 0 Å². The van der Waals surface area contributed by atoms with Crippen LogP contribution < -0.4 is 5.73 Å². The average molecular weight is 147 g/mol. The summed E-state index contributed by atoms with van der Waals surface area (Å²) in [6.45, 7) is 5.23. The van der Waals surface area contributed by atoms with Gasteiger partial charge in [-0.1, -0.05) is 13.8 Å². The zero-order valence-corrected chi connectivity index (χ0v) is 7.21. The quantitative estimate of drug-likeness (QED) is 0.642. The van der Waals surface area contributed by atoms with E-state index >= 15 is 0 Å². The lowest BCUT2D eigenvalue weighted by molar-refractivity contribution is 0.825. The van der Waals surface area contributed by atoms with Gasteiger partial charge >= 0.3 is 0 Å². The van der Waals surface area contributed by atoms with Crippen molar-refractivity contribution in [2.45, 2.75) is 31.9 Å². The highest BCUT2D eigenvalue weighted by atomic mass is 32.2. The van der Waals surface area contributed by atoms with E-state index in [9.17, 15) is 0 Å². The Balaban J connectivity index is 3.09. The maximum absolute atomic E-state index is 5.50. The fraction of sp³-hybridized carbons (Fsp3) is 1.00. The molecule has 1 nitrogen and oxygen atoms in total. The maximum Gasteiger partial charge on any atom is 0.0167 e. The third-order valence-electron chi connectivity index (χ3n) is 1.28. The molecule has 0 bridgehead atoms. The zero-order valence-electron chi connectivity index (χ0n) is 6.39. The summed E-state index contributed by atoms with van der Waals surface area (Å²) in [5.74, 6) is 1.26. The number of rotatable bonds is 5. The summed E-state index contributed by atoms with van der Waals surface area (Å²) in [6.07, 6.45) is 2.47. The van der Waals surface area contributed by atoms with Crippen molar-refractivity contribution in [1.82, 2.24) is 0 Å². The van der Waals surface area contributed by atoms with Gasteiger partial charge in [0.15, 0.2) is 0 Å². The van der Waals surface area contributed by atoms with Crippen molar-refractivity contribution in [2.75, 3.05) is 12.3 Å². The highest BCUT2D eigenvalue weighted by molar-refractivity contribution is 7.99. The lowest BCUT2D eigenvalue weighted by Gasteiger charge is -2.09. The second-order valence-electron chi connectivity index (χ2n) is 2.14. The van der Waals surface area contributed by atoms with E-state index in [-0.39, 0.29) is 0 Å². The molecule has 0 amide bonds. The molecule has 1 atom stereocenters. The topological polar surface area (TPSA) is 26.0 Å². The molecule has 0 radical (unpaired) electrons. The Hall–Kier alpha value is 0.310. The Morgan fingerprint density at radius 1 is 1.44 bits per heavy atom. The number of hydrogen-bond donors (Lipinski definition) is 1. The first-order valence-corrected chi connectivity index (χ1v) is 4.71. The molecule has 0 saturated carbocycles. The van der Waals surface area contributed by atoms with Gasteiger partial charge in [-0.05, 0) is 18.6 Å². The van der Waals surface area contributed by atoms with Gasteiger partial charge in [0.2, 0.25) is 0 Å². The van der Waals surface area contributed by atoms with E-state index in [0.29, 0.717) is 5.25 Å². The minimum Gasteiger partial charge on any atom is -0.329 e. The molecule has 0 aromatic carbocycles. The number of hydrogen-bond acceptors (Lipinski definition) is 2. The lowest BCUT2D eigenvalue weighted by Crippen LogP contribution is -2.15. The van der Waals surface area contributed by atoms with E-state index in [2.05, 4.69) is 13.8 Å². The van der Waals surface area contributed by atoms with Gasteiger partial charge in [0.25, 0.3) is 0 Å². The van der Waals surface area contributed by atoms with Gasteiger partial charge in [-0.2, -0.15) is 11.8 Å². The molecular weight excluding hydrogens is 130 g/mol. The lowest BCUT2D eigenvalue weighted by atomic mass is 10.3. The van der Waals surface area contributed by atoms with Crippen LogP contribution in [-0.4, -0.2) is 17.5 Å². The molecule has 0 aromatic rings. The molecule has 0 heterocycles. The Morgan fingerprint density at radius 3 is 2.44 bits per heavy atom. The van der Waals surface area contributed by atoms with E-state index in [1.54, 1.807) is 0 Å². The van der Waals surface area contributed by atoms with Crippen LogP contribution >= 0.6 is 11.8 Å². The highest BCUT2D eigenvalue weighted by Gasteiger charge is 2.00. The van der Waals surface area contributed by atoms with Gasteiger partial charge in [-0.15, -0.1) is 0 Å². The van der Waals surface area contributed by atoms with Crippen molar-refractivity contribution in [3.63, 3.8) is 0 Å². The first kappa shape index (κ1) is 9.31. The minimum absolute atomic E-state index is 0.699. The van der Waals surface area contributed by atoms with Crippen LogP contribution in [0.3, 0.4) is 0 Å². The van der Waals surface area contributed by atoms with E-state index < -0.39 is 0 Å². The predicted octanol–water partition coefficient (Wildman–Crippen LogP) is 1.87. The monoisotopic (exact) mass is 147 g/mol. The Morgan fingerprint density at radius 2 is 2.11 bits per heavy atom. The SMILES string of the molecule is CCCSC(CC)CN. The summed E-state index contributed by atoms with van der Waals surface area (Å²) in [7, 11) is 0. The summed E-state index contributed by atoms with van der Waals surface area (Å²) in [5, 5.41) is 0.699. The first-order valence-electron chi connectivity index (χ1n) is 3.66. The Labute approximate surface area is 62.4 Å². The molecule has 0 aliphatic rings. The Bertz CT molecular complexity index is 52.9. The molecule has 0 aromatic heterocycles. The van der Waals surface area contributed by atoms with Gasteiger partial charge in [0.1, 0.15) is 0 Å². The van der Waals surface area contributed by atoms with Crippen LogP contribution in [0.1, 0.15) is 26.7 Å². The molecule has 0 rings (SSSR count). The van der Waals surface area contributed by atoms with Crippen LogP contribution in [-0.2, 0) is 0 Å². The molecule has 0 fully saturated rings. The normalized spacial score (nSPS) is 13.7. The molecule has 0 aliphatic carbocycles.